The van der Waals surface area contributed by atoms with E-state index in [1.54, 1.807) is 12.3 Å². The second-order valence-electron chi connectivity index (χ2n) is 4.07. The average molecular weight is 286 g/mol. The first-order valence-electron chi connectivity index (χ1n) is 5.23. The molecular weight excluding hydrogens is 270 g/mol. The smallest absolute Gasteiger partial charge is 0.356 e. The summed E-state index contributed by atoms with van der Waals surface area (Å²) in [5.41, 5.74) is 1.43. The number of rotatable bonds is 4. The molecule has 4 heteroatoms. The van der Waals surface area contributed by atoms with Crippen molar-refractivity contribution in [2.45, 2.75) is 25.1 Å². The van der Waals surface area contributed by atoms with Gasteiger partial charge in [0.05, 0.1) is 7.11 Å². The van der Waals surface area contributed by atoms with Crippen LogP contribution in [0.25, 0.3) is 0 Å². The Morgan fingerprint density at radius 3 is 2.62 bits per heavy atom. The van der Waals surface area contributed by atoms with E-state index in [1.165, 1.54) is 7.11 Å². The third kappa shape index (κ3) is 3.59. The summed E-state index contributed by atoms with van der Waals surface area (Å²) in [6.45, 7) is 4.34. The summed E-state index contributed by atoms with van der Waals surface area (Å²) in [4.78, 5) is 15.5. The van der Waals surface area contributed by atoms with Crippen molar-refractivity contribution in [1.82, 2.24) is 4.98 Å². The minimum absolute atomic E-state index is 0.284. The number of esters is 1. The van der Waals surface area contributed by atoms with Gasteiger partial charge in [-0.05, 0) is 24.0 Å². The first kappa shape index (κ1) is 13.2. The monoisotopic (exact) mass is 285 g/mol. The molecule has 0 N–H and O–H groups in total. The van der Waals surface area contributed by atoms with Gasteiger partial charge < -0.3 is 4.74 Å². The van der Waals surface area contributed by atoms with Crippen LogP contribution < -0.4 is 0 Å². The van der Waals surface area contributed by atoms with Crippen LogP contribution in [0.3, 0.4) is 0 Å². The Morgan fingerprint density at radius 2 is 2.19 bits per heavy atom. The first-order chi connectivity index (χ1) is 7.54. The molecule has 1 aromatic heterocycles. The lowest BCUT2D eigenvalue weighted by atomic mass is 10.0. The highest BCUT2D eigenvalue weighted by atomic mass is 79.9. The molecule has 0 fully saturated rings. The summed E-state index contributed by atoms with van der Waals surface area (Å²) in [6.07, 6.45) is 2.76. The minimum atomic E-state index is -0.401. The molecule has 1 atom stereocenters. The maximum absolute atomic E-state index is 11.2. The molecule has 1 heterocycles. The second-order valence-corrected chi connectivity index (χ2v) is 5.17. The van der Waals surface area contributed by atoms with Crippen LogP contribution in [0.1, 0.15) is 41.1 Å². The molecule has 0 aliphatic heterocycles. The van der Waals surface area contributed by atoms with E-state index in [9.17, 15) is 4.79 Å². The molecule has 3 nitrogen and oxygen atoms in total. The number of ether oxygens (including phenoxy) is 1. The molecule has 0 aliphatic carbocycles. The molecular formula is C12H16BrNO2. The van der Waals surface area contributed by atoms with Crippen LogP contribution in [-0.2, 0) is 4.74 Å². The molecule has 0 spiro atoms. The third-order valence-corrected chi connectivity index (χ3v) is 3.12. The number of pyridine rings is 1. The lowest BCUT2D eigenvalue weighted by Gasteiger charge is -2.12. The van der Waals surface area contributed by atoms with Gasteiger partial charge in [-0.15, -0.1) is 0 Å². The zero-order valence-electron chi connectivity index (χ0n) is 9.74. The maximum atomic E-state index is 11.2. The molecule has 1 aromatic rings. The van der Waals surface area contributed by atoms with E-state index < -0.39 is 5.97 Å². The summed E-state index contributed by atoms with van der Waals surface area (Å²) < 4.78 is 4.59. The Hall–Kier alpha value is -0.900. The van der Waals surface area contributed by atoms with Crippen molar-refractivity contribution in [2.24, 2.45) is 5.92 Å². The summed E-state index contributed by atoms with van der Waals surface area (Å²) in [7, 11) is 1.35. The number of alkyl halides is 1. The summed E-state index contributed by atoms with van der Waals surface area (Å²) in [6, 6.07) is 3.59. The van der Waals surface area contributed by atoms with Crippen molar-refractivity contribution >= 4 is 21.9 Å². The second kappa shape index (κ2) is 5.99. The maximum Gasteiger partial charge on any atom is 0.356 e. The van der Waals surface area contributed by atoms with Crippen LogP contribution in [0.2, 0.25) is 0 Å². The van der Waals surface area contributed by atoms with Crippen molar-refractivity contribution in [1.29, 1.82) is 0 Å². The number of hydrogen-bond acceptors (Lipinski definition) is 3. The fourth-order valence-corrected chi connectivity index (χ4v) is 2.38. The van der Waals surface area contributed by atoms with Gasteiger partial charge in [-0.3, -0.25) is 0 Å². The molecule has 0 aliphatic rings. The van der Waals surface area contributed by atoms with Gasteiger partial charge >= 0.3 is 5.97 Å². The van der Waals surface area contributed by atoms with E-state index in [0.29, 0.717) is 11.6 Å². The van der Waals surface area contributed by atoms with E-state index in [1.807, 2.05) is 6.07 Å². The van der Waals surface area contributed by atoms with E-state index in [-0.39, 0.29) is 4.83 Å². The molecule has 0 radical (unpaired) electrons. The minimum Gasteiger partial charge on any atom is -0.464 e. The number of methoxy groups -OCH3 is 1. The van der Waals surface area contributed by atoms with Gasteiger partial charge in [-0.1, -0.05) is 35.8 Å². The molecule has 0 aromatic carbocycles. The van der Waals surface area contributed by atoms with Gasteiger partial charge in [0.1, 0.15) is 5.69 Å². The SMILES string of the molecule is COC(=O)c1ccc(C(Br)CC(C)C)cn1. The van der Waals surface area contributed by atoms with Crippen molar-refractivity contribution in [2.75, 3.05) is 7.11 Å². The van der Waals surface area contributed by atoms with Crippen LogP contribution in [0, 0.1) is 5.92 Å². The normalized spacial score (nSPS) is 12.6. The van der Waals surface area contributed by atoms with E-state index in [2.05, 4.69) is 39.5 Å². The van der Waals surface area contributed by atoms with Crippen LogP contribution >= 0.6 is 15.9 Å². The van der Waals surface area contributed by atoms with Gasteiger partial charge in [-0.2, -0.15) is 0 Å². The molecule has 0 bridgehead atoms. The quantitative estimate of drug-likeness (QED) is 0.629. The molecule has 88 valence electrons. The molecule has 16 heavy (non-hydrogen) atoms. The van der Waals surface area contributed by atoms with Gasteiger partial charge in [0.25, 0.3) is 0 Å². The summed E-state index contributed by atoms with van der Waals surface area (Å²) in [5.74, 6) is 0.214. The Kier molecular flexibility index (Phi) is 4.93. The van der Waals surface area contributed by atoms with Crippen molar-refractivity contribution in [3.63, 3.8) is 0 Å². The molecule has 0 saturated heterocycles. The van der Waals surface area contributed by atoms with E-state index >= 15 is 0 Å². The number of carbonyl (C=O) groups excluding carboxylic acids is 1. The molecule has 0 amide bonds. The van der Waals surface area contributed by atoms with E-state index in [0.717, 1.165) is 12.0 Å². The summed E-state index contributed by atoms with van der Waals surface area (Å²) in [5, 5.41) is 0. The fraction of sp³-hybridized carbons (Fsp3) is 0.500. The number of aromatic nitrogens is 1. The predicted octanol–water partition coefficient (Wildman–Crippen LogP) is 3.35. The summed E-state index contributed by atoms with van der Waals surface area (Å²) >= 11 is 3.61. The van der Waals surface area contributed by atoms with Crippen LogP contribution in [0.4, 0.5) is 0 Å². The van der Waals surface area contributed by atoms with Crippen molar-refractivity contribution in [3.8, 4) is 0 Å². The zero-order valence-corrected chi connectivity index (χ0v) is 11.3. The highest BCUT2D eigenvalue weighted by Gasteiger charge is 2.12. The predicted molar refractivity (Wildman–Crippen MR) is 66.7 cm³/mol. The Balaban J connectivity index is 2.74. The molecule has 0 saturated carbocycles. The Morgan fingerprint density at radius 1 is 1.50 bits per heavy atom. The lowest BCUT2D eigenvalue weighted by molar-refractivity contribution is 0.0594. The number of nitrogens with zero attached hydrogens (tertiary/aromatic N) is 1. The third-order valence-electron chi connectivity index (χ3n) is 2.22. The highest BCUT2D eigenvalue weighted by molar-refractivity contribution is 9.09. The largest absolute Gasteiger partial charge is 0.464 e. The van der Waals surface area contributed by atoms with Crippen molar-refractivity contribution in [3.05, 3.63) is 29.6 Å². The molecule has 1 unspecified atom stereocenters. The van der Waals surface area contributed by atoms with Crippen molar-refractivity contribution < 1.29 is 9.53 Å². The van der Waals surface area contributed by atoms with Gasteiger partial charge in [0.15, 0.2) is 0 Å². The standard InChI is InChI=1S/C12H16BrNO2/c1-8(2)6-10(13)9-4-5-11(14-7-9)12(15)16-3/h4-5,7-8,10H,6H2,1-3H3. The van der Waals surface area contributed by atoms with Gasteiger partial charge in [0.2, 0.25) is 0 Å². The van der Waals surface area contributed by atoms with Gasteiger partial charge in [0, 0.05) is 11.0 Å². The Bertz CT molecular complexity index is 349. The van der Waals surface area contributed by atoms with Crippen LogP contribution in [-0.4, -0.2) is 18.1 Å². The molecule has 1 rings (SSSR count). The topological polar surface area (TPSA) is 39.2 Å². The van der Waals surface area contributed by atoms with Crippen LogP contribution in [0.15, 0.2) is 18.3 Å². The number of carbonyl (C=O) groups is 1. The average Bonchev–Trinajstić information content (AvgIpc) is 2.27. The van der Waals surface area contributed by atoms with Gasteiger partial charge in [-0.25, -0.2) is 9.78 Å². The first-order valence-corrected chi connectivity index (χ1v) is 6.14. The highest BCUT2D eigenvalue weighted by Crippen LogP contribution is 2.29. The number of halogens is 1. The lowest BCUT2D eigenvalue weighted by Crippen LogP contribution is -2.05. The fourth-order valence-electron chi connectivity index (χ4n) is 1.37. The Labute approximate surface area is 104 Å². The van der Waals surface area contributed by atoms with E-state index in [4.69, 9.17) is 0 Å². The zero-order chi connectivity index (χ0) is 12.1. The van der Waals surface area contributed by atoms with Crippen LogP contribution in [0.5, 0.6) is 0 Å². The number of hydrogen-bond donors (Lipinski definition) is 0.